The van der Waals surface area contributed by atoms with Gasteiger partial charge in [-0.3, -0.25) is 0 Å². The highest BCUT2D eigenvalue weighted by atomic mass is 16.5. The molecule has 0 aliphatic heterocycles. The van der Waals surface area contributed by atoms with E-state index in [1.54, 1.807) is 31.0 Å². The van der Waals surface area contributed by atoms with Crippen molar-refractivity contribution in [2.45, 2.75) is 43.9 Å². The summed E-state index contributed by atoms with van der Waals surface area (Å²) in [4.78, 5) is 4.15. The van der Waals surface area contributed by atoms with Gasteiger partial charge >= 0.3 is 0 Å². The van der Waals surface area contributed by atoms with Gasteiger partial charge in [-0.15, -0.1) is 0 Å². The predicted molar refractivity (Wildman–Crippen MR) is 121 cm³/mol. The molecule has 5 heteroatoms. The van der Waals surface area contributed by atoms with Crippen LogP contribution in [0.15, 0.2) is 60.9 Å². The van der Waals surface area contributed by atoms with Gasteiger partial charge < -0.3 is 19.5 Å². The van der Waals surface area contributed by atoms with E-state index in [1.165, 1.54) is 11.1 Å². The molecule has 2 N–H and O–H groups in total. The normalized spacial score (nSPS) is 19.7. The van der Waals surface area contributed by atoms with Crippen molar-refractivity contribution in [3.05, 3.63) is 77.9 Å². The molecule has 160 valence electrons. The summed E-state index contributed by atoms with van der Waals surface area (Å²) in [7, 11) is 1.78. The first-order chi connectivity index (χ1) is 15.1. The number of methoxy groups -OCH3 is 1. The standard InChI is InChI=1S/C26H28N2O3/c1-18(30)26-27-13-14-28(26)24(17-29)12-5-19-3-6-20(7-4-19)21-8-10-22(11-9-21)23-15-25(16-23)31-2/h3-4,6-11,13-14,18,23-25,29-30H,15-17H2,1-2H3/t18-,23?,24?,25?/m0/s1. The number of aliphatic hydroxyl groups is 2. The lowest BCUT2D eigenvalue weighted by molar-refractivity contribution is 0.0258. The maximum absolute atomic E-state index is 9.83. The van der Waals surface area contributed by atoms with Crippen LogP contribution >= 0.6 is 0 Å². The molecular formula is C26H28N2O3. The Bertz CT molecular complexity index is 1050. The monoisotopic (exact) mass is 416 g/mol. The average Bonchev–Trinajstić information content (AvgIpc) is 3.25. The lowest BCUT2D eigenvalue weighted by atomic mass is 9.77. The average molecular weight is 417 g/mol. The van der Waals surface area contributed by atoms with Crippen LogP contribution in [-0.4, -0.2) is 39.6 Å². The van der Waals surface area contributed by atoms with E-state index in [4.69, 9.17) is 4.74 Å². The third-order valence-electron chi connectivity index (χ3n) is 5.99. The Hall–Kier alpha value is -2.91. The summed E-state index contributed by atoms with van der Waals surface area (Å²) >= 11 is 0. The number of benzene rings is 2. The fourth-order valence-electron chi connectivity index (χ4n) is 4.01. The molecule has 1 saturated carbocycles. The number of hydrogen-bond acceptors (Lipinski definition) is 4. The summed E-state index contributed by atoms with van der Waals surface area (Å²) in [6.07, 6.45) is 5.24. The van der Waals surface area contributed by atoms with Crippen molar-refractivity contribution in [2.75, 3.05) is 13.7 Å². The Labute approximate surface area is 183 Å². The van der Waals surface area contributed by atoms with E-state index in [1.807, 2.05) is 12.1 Å². The molecule has 0 bridgehead atoms. The molecule has 1 heterocycles. The summed E-state index contributed by atoms with van der Waals surface area (Å²) in [6.45, 7) is 1.49. The van der Waals surface area contributed by atoms with Gasteiger partial charge in [0, 0.05) is 25.1 Å². The van der Waals surface area contributed by atoms with Crippen LogP contribution in [0.4, 0.5) is 0 Å². The zero-order valence-corrected chi connectivity index (χ0v) is 17.9. The number of aliphatic hydroxyl groups excluding tert-OH is 2. The van der Waals surface area contributed by atoms with Crippen LogP contribution in [0.1, 0.15) is 54.8 Å². The minimum atomic E-state index is -0.720. The first-order valence-corrected chi connectivity index (χ1v) is 10.7. The molecule has 1 aliphatic rings. The van der Waals surface area contributed by atoms with E-state index in [-0.39, 0.29) is 6.61 Å². The minimum absolute atomic E-state index is 0.153. The Morgan fingerprint density at radius 1 is 1.10 bits per heavy atom. The van der Waals surface area contributed by atoms with Gasteiger partial charge in [-0.25, -0.2) is 4.98 Å². The molecule has 3 aromatic rings. The number of ether oxygens (including phenoxy) is 1. The summed E-state index contributed by atoms with van der Waals surface area (Å²) < 4.78 is 7.09. The largest absolute Gasteiger partial charge is 0.393 e. The molecule has 5 nitrogen and oxygen atoms in total. The number of aromatic nitrogens is 2. The van der Waals surface area contributed by atoms with E-state index in [0.29, 0.717) is 17.8 Å². The molecular weight excluding hydrogens is 388 g/mol. The first-order valence-electron chi connectivity index (χ1n) is 10.7. The Morgan fingerprint density at radius 2 is 1.74 bits per heavy atom. The van der Waals surface area contributed by atoms with Gasteiger partial charge in [0.25, 0.3) is 0 Å². The molecule has 1 aliphatic carbocycles. The molecule has 2 aromatic carbocycles. The maximum atomic E-state index is 9.83. The van der Waals surface area contributed by atoms with Gasteiger partial charge in [0.1, 0.15) is 18.0 Å². The van der Waals surface area contributed by atoms with Gasteiger partial charge in [-0.2, -0.15) is 0 Å². The van der Waals surface area contributed by atoms with Crippen molar-refractivity contribution < 1.29 is 14.9 Å². The zero-order chi connectivity index (χ0) is 21.8. The highest BCUT2D eigenvalue weighted by Crippen LogP contribution is 2.38. The SMILES string of the molecule is COC1CC(c2ccc(-c3ccc(C#CC(CO)n4ccnc4[C@H](C)O)cc3)cc2)C1. The fraction of sp³-hybridized carbons (Fsp3) is 0.346. The zero-order valence-electron chi connectivity index (χ0n) is 17.9. The van der Waals surface area contributed by atoms with Crippen LogP contribution in [0.25, 0.3) is 11.1 Å². The number of rotatable bonds is 6. The molecule has 0 spiro atoms. The van der Waals surface area contributed by atoms with E-state index < -0.39 is 12.1 Å². The first kappa shape index (κ1) is 21.3. The minimum Gasteiger partial charge on any atom is -0.393 e. The lowest BCUT2D eigenvalue weighted by Crippen LogP contribution is -2.28. The van der Waals surface area contributed by atoms with Gasteiger partial charge in [0.2, 0.25) is 0 Å². The van der Waals surface area contributed by atoms with E-state index >= 15 is 0 Å². The van der Waals surface area contributed by atoms with Gasteiger partial charge in [-0.05, 0) is 54.5 Å². The molecule has 2 atom stereocenters. The van der Waals surface area contributed by atoms with Crippen molar-refractivity contribution in [1.82, 2.24) is 9.55 Å². The smallest absolute Gasteiger partial charge is 0.138 e. The van der Waals surface area contributed by atoms with Crippen LogP contribution in [0.5, 0.6) is 0 Å². The highest BCUT2D eigenvalue weighted by molar-refractivity contribution is 5.64. The molecule has 0 radical (unpaired) electrons. The summed E-state index contributed by atoms with van der Waals surface area (Å²) in [5.74, 6) is 7.32. The Kier molecular flexibility index (Phi) is 6.53. The topological polar surface area (TPSA) is 67.5 Å². The highest BCUT2D eigenvalue weighted by Gasteiger charge is 2.29. The lowest BCUT2D eigenvalue weighted by Gasteiger charge is -2.34. The van der Waals surface area contributed by atoms with Crippen LogP contribution < -0.4 is 0 Å². The van der Waals surface area contributed by atoms with E-state index in [2.05, 4.69) is 53.2 Å². The number of nitrogens with zero attached hydrogens (tertiary/aromatic N) is 2. The summed E-state index contributed by atoms with van der Waals surface area (Å²) in [6, 6.07) is 16.4. The van der Waals surface area contributed by atoms with Crippen molar-refractivity contribution in [1.29, 1.82) is 0 Å². The summed E-state index contributed by atoms with van der Waals surface area (Å²) in [5, 5.41) is 19.6. The molecule has 1 aromatic heterocycles. The van der Waals surface area contributed by atoms with Crippen LogP contribution in [0.2, 0.25) is 0 Å². The predicted octanol–water partition coefficient (Wildman–Crippen LogP) is 4.08. The third-order valence-corrected chi connectivity index (χ3v) is 5.99. The number of hydrogen-bond donors (Lipinski definition) is 2. The van der Waals surface area contributed by atoms with Crippen LogP contribution in [-0.2, 0) is 4.74 Å². The Balaban J connectivity index is 1.44. The van der Waals surface area contributed by atoms with Crippen molar-refractivity contribution in [3.8, 4) is 23.0 Å². The third kappa shape index (κ3) is 4.72. The quantitative estimate of drug-likeness (QED) is 0.594. The molecule has 1 fully saturated rings. The van der Waals surface area contributed by atoms with Crippen LogP contribution in [0.3, 0.4) is 0 Å². The maximum Gasteiger partial charge on any atom is 0.138 e. The van der Waals surface area contributed by atoms with Crippen LogP contribution in [0, 0.1) is 11.8 Å². The van der Waals surface area contributed by atoms with Gasteiger partial charge in [-0.1, -0.05) is 48.2 Å². The second kappa shape index (κ2) is 9.49. The van der Waals surface area contributed by atoms with E-state index in [9.17, 15) is 10.2 Å². The molecule has 31 heavy (non-hydrogen) atoms. The van der Waals surface area contributed by atoms with Crippen molar-refractivity contribution >= 4 is 0 Å². The summed E-state index contributed by atoms with van der Waals surface area (Å²) in [5.41, 5.74) is 4.58. The van der Waals surface area contributed by atoms with Gasteiger partial charge in [0.05, 0.1) is 12.7 Å². The molecule has 0 saturated heterocycles. The molecule has 0 amide bonds. The second-order valence-corrected chi connectivity index (χ2v) is 8.06. The van der Waals surface area contributed by atoms with E-state index in [0.717, 1.165) is 24.0 Å². The fourth-order valence-corrected chi connectivity index (χ4v) is 4.01. The molecule has 4 rings (SSSR count). The second-order valence-electron chi connectivity index (χ2n) is 8.06. The Morgan fingerprint density at radius 3 is 2.32 bits per heavy atom. The van der Waals surface area contributed by atoms with Crippen molar-refractivity contribution in [2.24, 2.45) is 0 Å². The van der Waals surface area contributed by atoms with Gasteiger partial charge in [0.15, 0.2) is 0 Å². The van der Waals surface area contributed by atoms with Crippen molar-refractivity contribution in [3.63, 3.8) is 0 Å². The number of imidazole rings is 1. The molecule has 1 unspecified atom stereocenters.